The van der Waals surface area contributed by atoms with Gasteiger partial charge in [-0.15, -0.1) is 0 Å². The Morgan fingerprint density at radius 3 is 2.43 bits per heavy atom. The summed E-state index contributed by atoms with van der Waals surface area (Å²) in [5.41, 5.74) is 1.14. The lowest BCUT2D eigenvalue weighted by molar-refractivity contribution is -0.128. The summed E-state index contributed by atoms with van der Waals surface area (Å²) in [5, 5.41) is 2.80. The van der Waals surface area contributed by atoms with Crippen molar-refractivity contribution in [2.24, 2.45) is 11.8 Å². The highest BCUT2D eigenvalue weighted by Crippen LogP contribution is 2.39. The van der Waals surface area contributed by atoms with Crippen molar-refractivity contribution in [2.45, 2.75) is 59.0 Å². The number of rotatable bonds is 2. The first-order valence-corrected chi connectivity index (χ1v) is 8.15. The van der Waals surface area contributed by atoms with Gasteiger partial charge in [0, 0.05) is 18.0 Å². The highest BCUT2D eigenvalue weighted by atomic mass is 16.6. The molecule has 1 aliphatic rings. The molecule has 0 spiro atoms. The van der Waals surface area contributed by atoms with E-state index in [1.165, 1.54) is 0 Å². The SMILES string of the molecule is C[C@@H]1CC(c2ccncc2NC(=O)OC(C)(C)C)C[C@H](C)C1=O. The molecule has 2 rings (SSSR count). The van der Waals surface area contributed by atoms with Gasteiger partial charge in [-0.3, -0.25) is 15.1 Å². The number of ketones is 1. The van der Waals surface area contributed by atoms with Crippen LogP contribution in [0.2, 0.25) is 0 Å². The van der Waals surface area contributed by atoms with Crippen molar-refractivity contribution in [1.82, 2.24) is 4.98 Å². The Labute approximate surface area is 137 Å². The minimum Gasteiger partial charge on any atom is -0.444 e. The summed E-state index contributed by atoms with van der Waals surface area (Å²) >= 11 is 0. The molecule has 1 amide bonds. The topological polar surface area (TPSA) is 68.3 Å². The molecule has 1 saturated carbocycles. The molecule has 1 aliphatic carbocycles. The first-order chi connectivity index (χ1) is 10.7. The van der Waals surface area contributed by atoms with E-state index in [0.717, 1.165) is 18.4 Å². The number of carbonyl (C=O) groups is 2. The van der Waals surface area contributed by atoms with E-state index in [2.05, 4.69) is 10.3 Å². The lowest BCUT2D eigenvalue weighted by Crippen LogP contribution is -2.30. The van der Waals surface area contributed by atoms with E-state index in [-0.39, 0.29) is 17.8 Å². The average Bonchev–Trinajstić information content (AvgIpc) is 2.42. The number of ether oxygens (including phenoxy) is 1. The molecule has 0 bridgehead atoms. The van der Waals surface area contributed by atoms with Crippen LogP contribution in [0.1, 0.15) is 58.9 Å². The number of nitrogens with zero attached hydrogens (tertiary/aromatic N) is 1. The summed E-state index contributed by atoms with van der Waals surface area (Å²) in [7, 11) is 0. The van der Waals surface area contributed by atoms with Crippen molar-refractivity contribution >= 4 is 17.6 Å². The molecule has 1 aromatic heterocycles. The highest BCUT2D eigenvalue weighted by molar-refractivity contribution is 5.86. The first kappa shape index (κ1) is 17.4. The third kappa shape index (κ3) is 4.53. The normalized spacial score (nSPS) is 25.1. The van der Waals surface area contributed by atoms with Crippen molar-refractivity contribution in [2.75, 3.05) is 5.32 Å². The number of amides is 1. The second kappa shape index (κ2) is 6.69. The minimum atomic E-state index is -0.549. The van der Waals surface area contributed by atoms with Crippen molar-refractivity contribution in [3.63, 3.8) is 0 Å². The maximum Gasteiger partial charge on any atom is 0.412 e. The van der Waals surface area contributed by atoms with Gasteiger partial charge < -0.3 is 4.74 Å². The van der Waals surface area contributed by atoms with Gasteiger partial charge in [0.15, 0.2) is 0 Å². The van der Waals surface area contributed by atoms with E-state index in [9.17, 15) is 9.59 Å². The molecular formula is C18H26N2O3. The van der Waals surface area contributed by atoms with Crippen LogP contribution in [0.15, 0.2) is 18.5 Å². The van der Waals surface area contributed by atoms with Crippen LogP contribution in [-0.4, -0.2) is 22.5 Å². The molecule has 1 aromatic rings. The molecule has 0 aromatic carbocycles. The number of pyridine rings is 1. The van der Waals surface area contributed by atoms with E-state index in [0.29, 0.717) is 11.5 Å². The predicted molar refractivity (Wildman–Crippen MR) is 89.4 cm³/mol. The maximum atomic E-state index is 12.0. The van der Waals surface area contributed by atoms with Crippen molar-refractivity contribution in [3.05, 3.63) is 24.0 Å². The third-order valence-electron chi connectivity index (χ3n) is 4.18. The number of hydrogen-bond acceptors (Lipinski definition) is 4. The Hall–Kier alpha value is -1.91. The molecule has 1 unspecified atom stereocenters. The van der Waals surface area contributed by atoms with E-state index in [4.69, 9.17) is 4.74 Å². The second-order valence-electron chi connectivity index (χ2n) is 7.46. The molecule has 0 aliphatic heterocycles. The van der Waals surface area contributed by atoms with Gasteiger partial charge in [-0.05, 0) is 51.2 Å². The Balaban J connectivity index is 2.18. The monoisotopic (exact) mass is 318 g/mol. The van der Waals surface area contributed by atoms with Gasteiger partial charge >= 0.3 is 6.09 Å². The molecular weight excluding hydrogens is 292 g/mol. The van der Waals surface area contributed by atoms with Gasteiger partial charge in [-0.1, -0.05) is 13.8 Å². The molecule has 1 fully saturated rings. The zero-order valence-electron chi connectivity index (χ0n) is 14.6. The van der Waals surface area contributed by atoms with Crippen LogP contribution in [0.5, 0.6) is 0 Å². The summed E-state index contributed by atoms with van der Waals surface area (Å²) in [6.07, 6.45) is 4.48. The summed E-state index contributed by atoms with van der Waals surface area (Å²) in [6.45, 7) is 9.44. The molecule has 5 heteroatoms. The summed E-state index contributed by atoms with van der Waals surface area (Å²) in [6, 6.07) is 1.92. The van der Waals surface area contributed by atoms with Crippen molar-refractivity contribution in [3.8, 4) is 0 Å². The zero-order valence-corrected chi connectivity index (χ0v) is 14.6. The predicted octanol–water partition coefficient (Wildman–Crippen LogP) is 4.15. The van der Waals surface area contributed by atoms with Crippen LogP contribution in [-0.2, 0) is 9.53 Å². The van der Waals surface area contributed by atoms with Crippen LogP contribution in [0.25, 0.3) is 0 Å². The molecule has 5 nitrogen and oxygen atoms in total. The summed E-state index contributed by atoms with van der Waals surface area (Å²) in [5.74, 6) is 0.667. The van der Waals surface area contributed by atoms with Gasteiger partial charge in [0.05, 0.1) is 11.9 Å². The molecule has 0 radical (unpaired) electrons. The fraction of sp³-hybridized carbons (Fsp3) is 0.611. The van der Waals surface area contributed by atoms with Gasteiger partial charge in [0.1, 0.15) is 11.4 Å². The summed E-state index contributed by atoms with van der Waals surface area (Å²) < 4.78 is 5.31. The van der Waals surface area contributed by atoms with Crippen LogP contribution in [0, 0.1) is 11.8 Å². The molecule has 1 N–H and O–H groups in total. The third-order valence-corrected chi connectivity index (χ3v) is 4.18. The van der Waals surface area contributed by atoms with Gasteiger partial charge in [0.25, 0.3) is 0 Å². The van der Waals surface area contributed by atoms with Gasteiger partial charge in [-0.2, -0.15) is 0 Å². The summed E-state index contributed by atoms with van der Waals surface area (Å²) in [4.78, 5) is 28.2. The number of hydrogen-bond donors (Lipinski definition) is 1. The second-order valence-corrected chi connectivity index (χ2v) is 7.46. The highest BCUT2D eigenvalue weighted by Gasteiger charge is 2.33. The minimum absolute atomic E-state index is 0.0475. The van der Waals surface area contributed by atoms with Crippen LogP contribution in [0.4, 0.5) is 10.5 Å². The molecule has 0 saturated heterocycles. The molecule has 3 atom stereocenters. The number of aromatic nitrogens is 1. The van der Waals surface area contributed by atoms with E-state index < -0.39 is 11.7 Å². The number of anilines is 1. The van der Waals surface area contributed by atoms with Crippen LogP contribution in [0.3, 0.4) is 0 Å². The Bertz CT molecular complexity index is 578. The zero-order chi connectivity index (χ0) is 17.2. The van der Waals surface area contributed by atoms with Crippen LogP contribution >= 0.6 is 0 Å². The maximum absolute atomic E-state index is 12.0. The fourth-order valence-electron chi connectivity index (χ4n) is 3.20. The Morgan fingerprint density at radius 1 is 1.26 bits per heavy atom. The largest absolute Gasteiger partial charge is 0.444 e. The van der Waals surface area contributed by atoms with E-state index >= 15 is 0 Å². The van der Waals surface area contributed by atoms with Crippen molar-refractivity contribution < 1.29 is 14.3 Å². The standard InChI is InChI=1S/C18H26N2O3/c1-11-8-13(9-12(2)16(11)21)14-6-7-19-10-15(14)20-17(22)23-18(3,4)5/h6-7,10-13H,8-9H2,1-5H3,(H,20,22)/t11-,12+,13?. The average molecular weight is 318 g/mol. The number of Topliss-reactive ketones (excluding diaryl/α,β-unsaturated/α-hetero) is 1. The number of nitrogens with one attached hydrogen (secondary N) is 1. The molecule has 23 heavy (non-hydrogen) atoms. The molecule has 1 heterocycles. The first-order valence-electron chi connectivity index (χ1n) is 8.15. The lowest BCUT2D eigenvalue weighted by atomic mass is 9.73. The van der Waals surface area contributed by atoms with Gasteiger partial charge in [-0.25, -0.2) is 4.79 Å². The Morgan fingerprint density at radius 2 is 1.87 bits per heavy atom. The fourth-order valence-corrected chi connectivity index (χ4v) is 3.20. The quantitative estimate of drug-likeness (QED) is 0.889. The Kier molecular flexibility index (Phi) is 5.07. The van der Waals surface area contributed by atoms with Crippen LogP contribution < -0.4 is 5.32 Å². The lowest BCUT2D eigenvalue weighted by Gasteiger charge is -2.31. The van der Waals surface area contributed by atoms with E-state index in [1.54, 1.807) is 12.4 Å². The smallest absolute Gasteiger partial charge is 0.412 e. The van der Waals surface area contributed by atoms with Gasteiger partial charge in [0.2, 0.25) is 0 Å². The molecule has 126 valence electrons. The van der Waals surface area contributed by atoms with E-state index in [1.807, 2.05) is 40.7 Å². The number of carbonyl (C=O) groups excluding carboxylic acids is 2. The van der Waals surface area contributed by atoms with Crippen molar-refractivity contribution in [1.29, 1.82) is 0 Å².